The van der Waals surface area contributed by atoms with Crippen LogP contribution in [0, 0.1) is 0 Å². The number of nitrogens with zero attached hydrogens (tertiary/aromatic N) is 2. The van der Waals surface area contributed by atoms with E-state index in [0.29, 0.717) is 29.9 Å². The average molecular weight is 464 g/mol. The van der Waals surface area contributed by atoms with E-state index in [2.05, 4.69) is 5.32 Å². The van der Waals surface area contributed by atoms with Crippen LogP contribution in [0.25, 0.3) is 0 Å². The summed E-state index contributed by atoms with van der Waals surface area (Å²) < 4.78 is 25.5. The molecule has 0 atom stereocenters. The number of hydrogen-bond donors (Lipinski definition) is 1. The van der Waals surface area contributed by atoms with Crippen LogP contribution in [0.15, 0.2) is 77.7 Å². The van der Waals surface area contributed by atoms with Crippen molar-refractivity contribution in [3.63, 3.8) is 0 Å². The van der Waals surface area contributed by atoms with Crippen LogP contribution < -0.4 is 5.32 Å². The summed E-state index contributed by atoms with van der Waals surface area (Å²) in [6.45, 7) is 1.12. The summed E-state index contributed by atoms with van der Waals surface area (Å²) in [6, 6.07) is 20.7. The van der Waals surface area contributed by atoms with Crippen LogP contribution in [0.1, 0.15) is 31.8 Å². The van der Waals surface area contributed by atoms with Gasteiger partial charge in [0, 0.05) is 44.0 Å². The van der Waals surface area contributed by atoms with Crippen molar-refractivity contribution in [3.05, 3.63) is 95.1 Å². The Morgan fingerprint density at radius 2 is 1.58 bits per heavy atom. The van der Waals surface area contributed by atoms with E-state index in [1.165, 1.54) is 38.4 Å². The number of anilines is 1. The second kappa shape index (κ2) is 9.17. The van der Waals surface area contributed by atoms with Crippen LogP contribution in [0.4, 0.5) is 5.69 Å². The monoisotopic (exact) mass is 463 g/mol. The lowest BCUT2D eigenvalue weighted by molar-refractivity contribution is 0.0734. The Kier molecular flexibility index (Phi) is 6.31. The molecule has 0 radical (unpaired) electrons. The number of carbonyl (C=O) groups is 2. The molecule has 3 aromatic rings. The van der Waals surface area contributed by atoms with Gasteiger partial charge in [-0.2, -0.15) is 0 Å². The highest BCUT2D eigenvalue weighted by Gasteiger charge is 2.22. The summed E-state index contributed by atoms with van der Waals surface area (Å²) >= 11 is 0. The zero-order chi connectivity index (χ0) is 23.6. The predicted octanol–water partition coefficient (Wildman–Crippen LogP) is 3.39. The molecule has 0 bridgehead atoms. The minimum Gasteiger partial charge on any atom is -0.334 e. The van der Waals surface area contributed by atoms with Crippen molar-refractivity contribution in [2.24, 2.45) is 0 Å². The first kappa shape index (κ1) is 22.7. The Morgan fingerprint density at radius 1 is 0.879 bits per heavy atom. The van der Waals surface area contributed by atoms with Gasteiger partial charge in [0.2, 0.25) is 10.0 Å². The first-order chi connectivity index (χ1) is 15.8. The van der Waals surface area contributed by atoms with Crippen molar-refractivity contribution in [1.29, 1.82) is 0 Å². The van der Waals surface area contributed by atoms with Gasteiger partial charge in [-0.1, -0.05) is 24.3 Å². The minimum atomic E-state index is -3.55. The van der Waals surface area contributed by atoms with Crippen molar-refractivity contribution in [2.45, 2.75) is 17.9 Å². The smallest absolute Gasteiger partial charge is 0.255 e. The molecule has 0 spiro atoms. The van der Waals surface area contributed by atoms with Gasteiger partial charge in [-0.25, -0.2) is 12.7 Å². The molecule has 0 aliphatic carbocycles. The number of hydrogen-bond acceptors (Lipinski definition) is 4. The van der Waals surface area contributed by atoms with E-state index in [4.69, 9.17) is 0 Å². The molecule has 1 N–H and O–H groups in total. The highest BCUT2D eigenvalue weighted by molar-refractivity contribution is 7.89. The molecule has 1 heterocycles. The zero-order valence-electron chi connectivity index (χ0n) is 18.5. The summed E-state index contributed by atoms with van der Waals surface area (Å²) in [5, 5.41) is 2.86. The number of amides is 2. The Morgan fingerprint density at radius 3 is 2.24 bits per heavy atom. The minimum absolute atomic E-state index is 0.0107. The number of sulfonamides is 1. The summed E-state index contributed by atoms with van der Waals surface area (Å²) in [5.41, 5.74) is 3.79. The Bertz CT molecular complexity index is 1290. The average Bonchev–Trinajstić information content (AvgIpc) is 2.83. The van der Waals surface area contributed by atoms with Crippen molar-refractivity contribution in [3.8, 4) is 0 Å². The molecule has 0 fully saturated rings. The molecule has 7 nitrogen and oxygen atoms in total. The van der Waals surface area contributed by atoms with E-state index < -0.39 is 10.0 Å². The fraction of sp³-hybridized carbons (Fsp3) is 0.200. The molecule has 4 rings (SSSR count). The largest absolute Gasteiger partial charge is 0.334 e. The lowest BCUT2D eigenvalue weighted by Gasteiger charge is -2.29. The molecule has 8 heteroatoms. The Labute approximate surface area is 193 Å². The van der Waals surface area contributed by atoms with Crippen LogP contribution in [0.5, 0.6) is 0 Å². The molecular formula is C25H25N3O4S. The van der Waals surface area contributed by atoms with E-state index in [1.807, 2.05) is 53.4 Å². The first-order valence-corrected chi connectivity index (χ1v) is 12.0. The van der Waals surface area contributed by atoms with E-state index in [9.17, 15) is 18.0 Å². The van der Waals surface area contributed by atoms with E-state index in [1.54, 1.807) is 0 Å². The van der Waals surface area contributed by atoms with Gasteiger partial charge in [0.05, 0.1) is 4.90 Å². The third-order valence-corrected chi connectivity index (χ3v) is 7.51. The van der Waals surface area contributed by atoms with Crippen LogP contribution in [0.2, 0.25) is 0 Å². The SMILES string of the molecule is CN(C)S(=O)(=O)c1ccc(C(=O)Nc2ccc3c(c2)CN(C(=O)c2ccccc2)CC3)cc1. The lowest BCUT2D eigenvalue weighted by Crippen LogP contribution is -2.36. The van der Waals surface area contributed by atoms with Gasteiger partial charge in [0.1, 0.15) is 0 Å². The fourth-order valence-electron chi connectivity index (χ4n) is 3.76. The van der Waals surface area contributed by atoms with Gasteiger partial charge >= 0.3 is 0 Å². The van der Waals surface area contributed by atoms with Gasteiger partial charge in [0.25, 0.3) is 11.8 Å². The van der Waals surface area contributed by atoms with Crippen molar-refractivity contribution >= 4 is 27.5 Å². The number of rotatable bonds is 5. The van der Waals surface area contributed by atoms with Crippen molar-refractivity contribution in [2.75, 3.05) is 26.0 Å². The molecule has 1 aliphatic rings. The van der Waals surface area contributed by atoms with Gasteiger partial charge in [-0.3, -0.25) is 9.59 Å². The summed E-state index contributed by atoms with van der Waals surface area (Å²) in [6.07, 6.45) is 0.754. The maximum absolute atomic E-state index is 12.8. The van der Waals surface area contributed by atoms with E-state index in [-0.39, 0.29) is 16.7 Å². The predicted molar refractivity (Wildman–Crippen MR) is 127 cm³/mol. The van der Waals surface area contributed by atoms with Gasteiger partial charge in [0.15, 0.2) is 0 Å². The van der Waals surface area contributed by atoms with Crippen LogP contribution in [-0.2, 0) is 23.0 Å². The van der Waals surface area contributed by atoms with Crippen molar-refractivity contribution < 1.29 is 18.0 Å². The number of nitrogens with one attached hydrogen (secondary N) is 1. The number of carbonyl (C=O) groups excluding carboxylic acids is 2. The third kappa shape index (κ3) is 4.81. The molecule has 170 valence electrons. The quantitative estimate of drug-likeness (QED) is 0.628. The summed E-state index contributed by atoms with van der Waals surface area (Å²) in [5.74, 6) is -0.347. The van der Waals surface area contributed by atoms with Gasteiger partial charge in [-0.15, -0.1) is 0 Å². The van der Waals surface area contributed by atoms with E-state index >= 15 is 0 Å². The van der Waals surface area contributed by atoms with Gasteiger partial charge in [-0.05, 0) is 66.1 Å². The molecule has 0 unspecified atom stereocenters. The molecule has 2 amide bonds. The Balaban J connectivity index is 1.47. The molecular weight excluding hydrogens is 438 g/mol. The second-order valence-electron chi connectivity index (χ2n) is 8.09. The maximum Gasteiger partial charge on any atom is 0.255 e. The van der Waals surface area contributed by atoms with E-state index in [0.717, 1.165) is 21.9 Å². The van der Waals surface area contributed by atoms with Crippen LogP contribution >= 0.6 is 0 Å². The van der Waals surface area contributed by atoms with Crippen LogP contribution in [0.3, 0.4) is 0 Å². The topological polar surface area (TPSA) is 86.8 Å². The Hall–Kier alpha value is -3.49. The summed E-state index contributed by atoms with van der Waals surface area (Å²) in [4.78, 5) is 27.4. The lowest BCUT2D eigenvalue weighted by atomic mass is 9.98. The maximum atomic E-state index is 12.8. The molecule has 3 aromatic carbocycles. The van der Waals surface area contributed by atoms with Crippen LogP contribution in [-0.4, -0.2) is 50.1 Å². The molecule has 33 heavy (non-hydrogen) atoms. The third-order valence-electron chi connectivity index (χ3n) is 5.68. The molecule has 0 saturated heterocycles. The number of benzene rings is 3. The molecule has 0 saturated carbocycles. The zero-order valence-corrected chi connectivity index (χ0v) is 19.3. The number of fused-ring (bicyclic) bond motifs is 1. The summed E-state index contributed by atoms with van der Waals surface area (Å²) in [7, 11) is -0.634. The standard InChI is InChI=1S/C25H25N3O4S/c1-27(2)33(31,32)23-12-9-19(10-13-23)24(29)26-22-11-8-18-14-15-28(17-21(18)16-22)25(30)20-6-4-3-5-7-20/h3-13,16H,14-15,17H2,1-2H3,(H,26,29). The normalized spacial score (nSPS) is 13.5. The first-order valence-electron chi connectivity index (χ1n) is 10.6. The molecule has 1 aliphatic heterocycles. The highest BCUT2D eigenvalue weighted by Crippen LogP contribution is 2.24. The van der Waals surface area contributed by atoms with Gasteiger partial charge < -0.3 is 10.2 Å². The fourth-order valence-corrected chi connectivity index (χ4v) is 4.67. The van der Waals surface area contributed by atoms with Crippen molar-refractivity contribution in [1.82, 2.24) is 9.21 Å². The second-order valence-corrected chi connectivity index (χ2v) is 10.2. The highest BCUT2D eigenvalue weighted by atomic mass is 32.2. The molecule has 0 aromatic heterocycles.